The van der Waals surface area contributed by atoms with Crippen LogP contribution in [0.25, 0.3) is 16.8 Å². The van der Waals surface area contributed by atoms with Crippen molar-refractivity contribution >= 4 is 17.7 Å². The third kappa shape index (κ3) is 7.93. The Morgan fingerprint density at radius 2 is 1.58 bits per heavy atom. The van der Waals surface area contributed by atoms with Gasteiger partial charge in [-0.2, -0.15) is 4.68 Å². The summed E-state index contributed by atoms with van der Waals surface area (Å²) in [5.41, 5.74) is 7.08. The molecule has 6 aromatic rings. The SMILES string of the molecule is O=C(NCc1cccc(-c2cccc([C@@H]3O[C@H](CSc4nnnn4-c4ccc(O)cc4)C[C@H](c4ccc(CO)cc4)O3)c2)c1)c1ccccc1. The second-order valence-corrected chi connectivity index (χ2v) is 12.9. The Kier molecular flexibility index (Phi) is 10.3. The van der Waals surface area contributed by atoms with E-state index in [-0.39, 0.29) is 30.5 Å². The van der Waals surface area contributed by atoms with E-state index in [0.29, 0.717) is 29.4 Å². The van der Waals surface area contributed by atoms with Gasteiger partial charge in [-0.25, -0.2) is 0 Å². The van der Waals surface area contributed by atoms with Crippen molar-refractivity contribution in [2.45, 2.75) is 43.2 Å². The van der Waals surface area contributed by atoms with Crippen LogP contribution >= 0.6 is 11.8 Å². The number of aliphatic hydroxyl groups is 1. The molecular weight excluding hydrogens is 651 g/mol. The first-order chi connectivity index (χ1) is 24.5. The number of hydrogen-bond acceptors (Lipinski definition) is 9. The highest BCUT2D eigenvalue weighted by Crippen LogP contribution is 2.40. The van der Waals surface area contributed by atoms with Gasteiger partial charge in [0.1, 0.15) is 5.75 Å². The number of nitrogens with zero attached hydrogens (tertiary/aromatic N) is 4. The number of rotatable bonds is 11. The number of phenolic OH excluding ortho intramolecular Hbond substituents is 1. The van der Waals surface area contributed by atoms with Crippen molar-refractivity contribution in [2.24, 2.45) is 0 Å². The van der Waals surface area contributed by atoms with E-state index < -0.39 is 6.29 Å². The minimum Gasteiger partial charge on any atom is -0.508 e. The fourth-order valence-electron chi connectivity index (χ4n) is 5.81. The van der Waals surface area contributed by atoms with E-state index in [9.17, 15) is 15.0 Å². The largest absolute Gasteiger partial charge is 0.508 e. The lowest BCUT2D eigenvalue weighted by Crippen LogP contribution is -2.31. The fraction of sp³-hybridized carbons (Fsp3) is 0.179. The van der Waals surface area contributed by atoms with Gasteiger partial charge in [0.25, 0.3) is 5.91 Å². The standard InChI is InChI=1S/C39H35N5O5S/c45-24-26-12-14-28(15-13-26)36-22-35(25-50-39-41-42-43-44(39)33-16-18-34(46)19-17-33)48-38(49-36)32-11-5-10-31(21-32)30-9-4-6-27(20-30)23-40-37(47)29-7-2-1-3-8-29/h1-21,35-36,38,45-46H,22-25H2,(H,40,47)/t35-,36+,38+/m0/s1. The number of aromatic hydroxyl groups is 1. The average molecular weight is 686 g/mol. The predicted molar refractivity (Wildman–Crippen MR) is 189 cm³/mol. The third-order valence-corrected chi connectivity index (χ3v) is 9.51. The number of tetrazole rings is 1. The molecular formula is C39H35N5O5S. The molecule has 1 fully saturated rings. The maximum Gasteiger partial charge on any atom is 0.251 e. The smallest absolute Gasteiger partial charge is 0.251 e. The molecule has 3 N–H and O–H groups in total. The number of ether oxygens (including phenoxy) is 2. The normalized spacial score (nSPS) is 17.3. The number of carbonyl (C=O) groups is 1. The maximum absolute atomic E-state index is 12.6. The van der Waals surface area contributed by atoms with Crippen LogP contribution in [0.4, 0.5) is 0 Å². The number of phenols is 1. The second-order valence-electron chi connectivity index (χ2n) is 11.9. The molecule has 0 bridgehead atoms. The van der Waals surface area contributed by atoms with Crippen LogP contribution in [-0.4, -0.2) is 48.2 Å². The lowest BCUT2D eigenvalue weighted by molar-refractivity contribution is -0.245. The molecule has 7 rings (SSSR count). The van der Waals surface area contributed by atoms with Gasteiger partial charge in [-0.15, -0.1) is 5.10 Å². The van der Waals surface area contributed by atoms with Crippen LogP contribution in [0.5, 0.6) is 5.75 Å². The number of nitrogens with one attached hydrogen (secondary N) is 1. The third-order valence-electron chi connectivity index (χ3n) is 8.46. The van der Waals surface area contributed by atoms with E-state index in [2.05, 4.69) is 39.0 Å². The van der Waals surface area contributed by atoms with Crippen LogP contribution in [0.3, 0.4) is 0 Å². The number of benzene rings is 5. The molecule has 1 saturated heterocycles. The molecule has 252 valence electrons. The maximum atomic E-state index is 12.6. The number of hydrogen-bond donors (Lipinski definition) is 3. The first kappa shape index (κ1) is 33.2. The Morgan fingerprint density at radius 1 is 0.820 bits per heavy atom. The summed E-state index contributed by atoms with van der Waals surface area (Å²) in [5.74, 6) is 0.620. The number of thioether (sulfide) groups is 1. The average Bonchev–Trinajstić information content (AvgIpc) is 3.65. The van der Waals surface area contributed by atoms with Crippen LogP contribution in [0.15, 0.2) is 133 Å². The van der Waals surface area contributed by atoms with Crippen LogP contribution in [-0.2, 0) is 22.6 Å². The monoisotopic (exact) mass is 685 g/mol. The van der Waals surface area contributed by atoms with E-state index >= 15 is 0 Å². The molecule has 0 unspecified atom stereocenters. The molecule has 11 heteroatoms. The molecule has 0 saturated carbocycles. The van der Waals surface area contributed by atoms with Crippen molar-refractivity contribution < 1.29 is 24.5 Å². The zero-order valence-corrected chi connectivity index (χ0v) is 27.8. The van der Waals surface area contributed by atoms with E-state index in [0.717, 1.165) is 39.1 Å². The highest BCUT2D eigenvalue weighted by molar-refractivity contribution is 7.99. The van der Waals surface area contributed by atoms with Gasteiger partial charge >= 0.3 is 0 Å². The van der Waals surface area contributed by atoms with Gasteiger partial charge in [-0.3, -0.25) is 4.79 Å². The lowest BCUT2D eigenvalue weighted by Gasteiger charge is -2.36. The number of aromatic nitrogens is 4. The number of aliphatic hydroxyl groups excluding tert-OH is 1. The topological polar surface area (TPSA) is 132 Å². The Morgan fingerprint density at radius 3 is 2.36 bits per heavy atom. The second kappa shape index (κ2) is 15.5. The quantitative estimate of drug-likeness (QED) is 0.126. The van der Waals surface area contributed by atoms with E-state index in [1.165, 1.54) is 11.8 Å². The van der Waals surface area contributed by atoms with Crippen molar-refractivity contribution in [1.82, 2.24) is 25.5 Å². The summed E-state index contributed by atoms with van der Waals surface area (Å²) in [6.45, 7) is 0.377. The van der Waals surface area contributed by atoms with E-state index in [1.807, 2.05) is 72.8 Å². The number of amides is 1. The lowest BCUT2D eigenvalue weighted by atomic mass is 9.99. The molecule has 0 radical (unpaired) electrons. The number of carbonyl (C=O) groups excluding carboxylic acids is 1. The Balaban J connectivity index is 1.09. The highest BCUT2D eigenvalue weighted by atomic mass is 32.2. The molecule has 2 heterocycles. The summed E-state index contributed by atoms with van der Waals surface area (Å²) in [4.78, 5) is 12.6. The van der Waals surface area contributed by atoms with Crippen molar-refractivity contribution in [3.05, 3.63) is 155 Å². The first-order valence-corrected chi connectivity index (χ1v) is 17.2. The van der Waals surface area contributed by atoms with Crippen LogP contribution < -0.4 is 5.32 Å². The van der Waals surface area contributed by atoms with Gasteiger partial charge in [0.15, 0.2) is 6.29 Å². The van der Waals surface area contributed by atoms with Crippen LogP contribution in [0.1, 0.15) is 51.4 Å². The van der Waals surface area contributed by atoms with Gasteiger partial charge in [0, 0.05) is 29.8 Å². The van der Waals surface area contributed by atoms with Gasteiger partial charge in [-0.05, 0) is 86.8 Å². The van der Waals surface area contributed by atoms with Crippen molar-refractivity contribution in [3.8, 4) is 22.6 Å². The Hall–Kier alpha value is -5.33. The molecule has 0 spiro atoms. The van der Waals surface area contributed by atoms with Gasteiger partial charge in [0.05, 0.1) is 24.5 Å². The summed E-state index contributed by atoms with van der Waals surface area (Å²) < 4.78 is 14.9. The molecule has 1 aliphatic rings. The molecule has 3 atom stereocenters. The van der Waals surface area contributed by atoms with Crippen molar-refractivity contribution in [3.63, 3.8) is 0 Å². The molecule has 5 aromatic carbocycles. The van der Waals surface area contributed by atoms with Crippen molar-refractivity contribution in [1.29, 1.82) is 0 Å². The molecule has 50 heavy (non-hydrogen) atoms. The molecule has 1 aliphatic heterocycles. The van der Waals surface area contributed by atoms with Crippen LogP contribution in [0.2, 0.25) is 0 Å². The van der Waals surface area contributed by atoms with Crippen LogP contribution in [0, 0.1) is 0 Å². The minimum atomic E-state index is -0.641. The first-order valence-electron chi connectivity index (χ1n) is 16.3. The molecule has 1 amide bonds. The Labute approximate surface area is 293 Å². The van der Waals surface area contributed by atoms with Gasteiger partial charge < -0.3 is 25.0 Å². The zero-order valence-electron chi connectivity index (χ0n) is 27.0. The molecule has 0 aliphatic carbocycles. The Bertz CT molecular complexity index is 2040. The van der Waals surface area contributed by atoms with E-state index in [1.54, 1.807) is 41.1 Å². The zero-order chi connectivity index (χ0) is 34.3. The van der Waals surface area contributed by atoms with E-state index in [4.69, 9.17) is 9.47 Å². The summed E-state index contributed by atoms with van der Waals surface area (Å²) in [7, 11) is 0. The summed E-state index contributed by atoms with van der Waals surface area (Å²) in [6.07, 6.45) is -0.482. The highest BCUT2D eigenvalue weighted by Gasteiger charge is 2.33. The summed E-state index contributed by atoms with van der Waals surface area (Å²) >= 11 is 1.49. The van der Waals surface area contributed by atoms with Gasteiger partial charge in [-0.1, -0.05) is 90.6 Å². The predicted octanol–water partition coefficient (Wildman–Crippen LogP) is 6.79. The minimum absolute atomic E-state index is 0.0278. The summed E-state index contributed by atoms with van der Waals surface area (Å²) in [6, 6.07) is 39.9. The molecule has 1 aromatic heterocycles. The van der Waals surface area contributed by atoms with Crippen molar-refractivity contribution in [2.75, 3.05) is 5.75 Å². The fourth-order valence-corrected chi connectivity index (χ4v) is 6.72. The molecule has 10 nitrogen and oxygen atoms in total. The van der Waals surface area contributed by atoms with Gasteiger partial charge in [0.2, 0.25) is 5.16 Å². The summed E-state index contributed by atoms with van der Waals surface area (Å²) in [5, 5.41) is 35.2.